The Hall–Kier alpha value is -1.40. The molecule has 0 aliphatic carbocycles. The van der Waals surface area contributed by atoms with Gasteiger partial charge in [-0.25, -0.2) is 0 Å². The fraction of sp³-hybridized carbons (Fsp3) is 0.467. The Kier molecular flexibility index (Phi) is 5.76. The minimum absolute atomic E-state index is 0.100. The molecule has 114 valence electrons. The first-order valence-corrected chi connectivity index (χ1v) is 7.88. The molecule has 1 aromatic rings. The van der Waals surface area contributed by atoms with Gasteiger partial charge in [-0.2, -0.15) is 0 Å². The van der Waals surface area contributed by atoms with E-state index in [4.69, 9.17) is 0 Å². The van der Waals surface area contributed by atoms with E-state index in [1.165, 1.54) is 0 Å². The van der Waals surface area contributed by atoms with Crippen LogP contribution in [-0.2, 0) is 9.59 Å². The summed E-state index contributed by atoms with van der Waals surface area (Å²) < 4.78 is 0.833. The quantitative estimate of drug-likeness (QED) is 0.852. The average molecular weight is 355 g/mol. The summed E-state index contributed by atoms with van der Waals surface area (Å²) in [7, 11) is 0. The predicted octanol–water partition coefficient (Wildman–Crippen LogP) is 2.72. The lowest BCUT2D eigenvalue weighted by atomic mass is 10.0. The molecule has 1 aromatic carbocycles. The van der Waals surface area contributed by atoms with Crippen molar-refractivity contribution in [3.8, 4) is 0 Å². The second kappa shape index (κ2) is 7.56. The summed E-state index contributed by atoms with van der Waals surface area (Å²) in [6.07, 6.45) is 2.90. The molecular formula is C15H19BrN2O3. The Labute approximate surface area is 132 Å². The number of rotatable bonds is 5. The molecule has 1 saturated heterocycles. The van der Waals surface area contributed by atoms with E-state index in [2.05, 4.69) is 21.2 Å². The lowest BCUT2D eigenvalue weighted by molar-refractivity contribution is -0.144. The Balaban J connectivity index is 1.86. The number of aliphatic carboxylic acids is 1. The zero-order valence-corrected chi connectivity index (χ0v) is 13.3. The van der Waals surface area contributed by atoms with Crippen molar-refractivity contribution >= 4 is 33.5 Å². The average Bonchev–Trinajstić information content (AvgIpc) is 2.48. The van der Waals surface area contributed by atoms with Gasteiger partial charge in [-0.1, -0.05) is 18.6 Å². The molecule has 1 unspecified atom stereocenters. The summed E-state index contributed by atoms with van der Waals surface area (Å²) in [5.74, 6) is -0.891. The number of hydrogen-bond donors (Lipinski definition) is 2. The van der Waals surface area contributed by atoms with Crippen molar-refractivity contribution in [2.24, 2.45) is 0 Å². The van der Waals surface area contributed by atoms with Crippen molar-refractivity contribution in [1.82, 2.24) is 4.90 Å². The van der Waals surface area contributed by atoms with Gasteiger partial charge in [-0.05, 0) is 47.4 Å². The smallest absolute Gasteiger partial charge is 0.320 e. The molecule has 2 rings (SSSR count). The monoisotopic (exact) mass is 354 g/mol. The summed E-state index contributed by atoms with van der Waals surface area (Å²) >= 11 is 3.38. The first-order valence-electron chi connectivity index (χ1n) is 7.09. The van der Waals surface area contributed by atoms with Crippen LogP contribution in [0.15, 0.2) is 28.7 Å². The lowest BCUT2D eigenvalue weighted by Crippen LogP contribution is -2.45. The van der Waals surface area contributed by atoms with Gasteiger partial charge in [0, 0.05) is 17.4 Å². The van der Waals surface area contributed by atoms with Crippen molar-refractivity contribution in [2.75, 3.05) is 18.4 Å². The van der Waals surface area contributed by atoms with Crippen molar-refractivity contribution in [3.05, 3.63) is 28.7 Å². The highest BCUT2D eigenvalue weighted by molar-refractivity contribution is 9.10. The van der Waals surface area contributed by atoms with Crippen LogP contribution in [0.1, 0.15) is 25.7 Å². The van der Waals surface area contributed by atoms with E-state index in [1.54, 1.807) is 0 Å². The van der Waals surface area contributed by atoms with Crippen LogP contribution in [0.4, 0.5) is 5.69 Å². The standard InChI is InChI=1S/C15H19BrN2O3/c16-11-5-1-2-6-12(11)17-14(19)8-10-18-9-4-3-7-13(18)15(20)21/h1-2,5-6,13H,3-4,7-10H2,(H,17,19)(H,20,21). The van der Waals surface area contributed by atoms with Crippen molar-refractivity contribution in [2.45, 2.75) is 31.7 Å². The van der Waals surface area contributed by atoms with Gasteiger partial charge >= 0.3 is 5.97 Å². The van der Waals surface area contributed by atoms with E-state index < -0.39 is 12.0 Å². The Morgan fingerprint density at radius 3 is 2.81 bits per heavy atom. The summed E-state index contributed by atoms with van der Waals surface area (Å²) in [5, 5.41) is 12.0. The maximum absolute atomic E-state index is 12.0. The van der Waals surface area contributed by atoms with E-state index in [0.29, 0.717) is 19.4 Å². The largest absolute Gasteiger partial charge is 0.480 e. The maximum atomic E-state index is 12.0. The van der Waals surface area contributed by atoms with Crippen LogP contribution >= 0.6 is 15.9 Å². The molecule has 1 aliphatic heterocycles. The molecule has 1 fully saturated rings. The normalized spacial score (nSPS) is 19.2. The third-order valence-corrected chi connectivity index (χ3v) is 4.36. The molecule has 1 heterocycles. The Bertz CT molecular complexity index is 521. The molecule has 0 aromatic heterocycles. The fourth-order valence-electron chi connectivity index (χ4n) is 2.56. The highest BCUT2D eigenvalue weighted by Crippen LogP contribution is 2.22. The SMILES string of the molecule is O=C(CCN1CCCCC1C(=O)O)Nc1ccccc1Br. The molecule has 0 spiro atoms. The minimum atomic E-state index is -0.791. The van der Waals surface area contributed by atoms with Crippen LogP contribution in [0.2, 0.25) is 0 Å². The maximum Gasteiger partial charge on any atom is 0.320 e. The van der Waals surface area contributed by atoms with Gasteiger partial charge in [0.15, 0.2) is 0 Å². The molecule has 1 aliphatic rings. The number of carbonyl (C=O) groups is 2. The number of nitrogens with zero attached hydrogens (tertiary/aromatic N) is 1. The lowest BCUT2D eigenvalue weighted by Gasteiger charge is -2.32. The van der Waals surface area contributed by atoms with Gasteiger partial charge in [-0.3, -0.25) is 14.5 Å². The van der Waals surface area contributed by atoms with Gasteiger partial charge < -0.3 is 10.4 Å². The number of amides is 1. The number of hydrogen-bond acceptors (Lipinski definition) is 3. The number of carboxylic acids is 1. The molecule has 0 radical (unpaired) electrons. The number of carboxylic acid groups (broad SMARTS) is 1. The number of anilines is 1. The number of benzene rings is 1. The predicted molar refractivity (Wildman–Crippen MR) is 84.2 cm³/mol. The van der Waals surface area contributed by atoms with E-state index in [0.717, 1.165) is 29.5 Å². The highest BCUT2D eigenvalue weighted by atomic mass is 79.9. The van der Waals surface area contributed by atoms with E-state index >= 15 is 0 Å². The number of carbonyl (C=O) groups excluding carboxylic acids is 1. The van der Waals surface area contributed by atoms with Crippen LogP contribution in [-0.4, -0.2) is 41.0 Å². The molecule has 2 N–H and O–H groups in total. The molecule has 6 heteroatoms. The van der Waals surface area contributed by atoms with Crippen LogP contribution < -0.4 is 5.32 Å². The van der Waals surface area contributed by atoms with Crippen LogP contribution in [0, 0.1) is 0 Å². The second-order valence-electron chi connectivity index (χ2n) is 5.16. The van der Waals surface area contributed by atoms with Gasteiger partial charge in [0.05, 0.1) is 5.69 Å². The Morgan fingerprint density at radius 2 is 2.10 bits per heavy atom. The van der Waals surface area contributed by atoms with E-state index in [9.17, 15) is 14.7 Å². The number of likely N-dealkylation sites (tertiary alicyclic amines) is 1. The molecule has 1 atom stereocenters. The minimum Gasteiger partial charge on any atom is -0.480 e. The number of piperidine rings is 1. The zero-order chi connectivity index (χ0) is 15.2. The molecular weight excluding hydrogens is 336 g/mol. The topological polar surface area (TPSA) is 69.6 Å². The number of nitrogens with one attached hydrogen (secondary N) is 1. The summed E-state index contributed by atoms with van der Waals surface area (Å²) in [5.41, 5.74) is 0.732. The van der Waals surface area contributed by atoms with Gasteiger partial charge in [0.2, 0.25) is 5.91 Å². The van der Waals surface area contributed by atoms with Gasteiger partial charge in [0.25, 0.3) is 0 Å². The third-order valence-electron chi connectivity index (χ3n) is 3.67. The summed E-state index contributed by atoms with van der Waals surface area (Å²) in [6.45, 7) is 1.23. The fourth-order valence-corrected chi connectivity index (χ4v) is 2.94. The molecule has 0 bridgehead atoms. The van der Waals surface area contributed by atoms with Crippen molar-refractivity contribution < 1.29 is 14.7 Å². The third kappa shape index (κ3) is 4.54. The second-order valence-corrected chi connectivity index (χ2v) is 6.02. The van der Waals surface area contributed by atoms with Gasteiger partial charge in [0.1, 0.15) is 6.04 Å². The van der Waals surface area contributed by atoms with Crippen LogP contribution in [0.25, 0.3) is 0 Å². The molecule has 5 nitrogen and oxygen atoms in total. The van der Waals surface area contributed by atoms with E-state index in [1.807, 2.05) is 29.2 Å². The molecule has 0 saturated carbocycles. The van der Waals surface area contributed by atoms with Crippen molar-refractivity contribution in [1.29, 1.82) is 0 Å². The zero-order valence-electron chi connectivity index (χ0n) is 11.7. The number of para-hydroxylation sites is 1. The van der Waals surface area contributed by atoms with Crippen LogP contribution in [0.3, 0.4) is 0 Å². The van der Waals surface area contributed by atoms with Crippen molar-refractivity contribution in [3.63, 3.8) is 0 Å². The first kappa shape index (κ1) is 16.0. The summed E-state index contributed by atoms with van der Waals surface area (Å²) in [4.78, 5) is 25.1. The van der Waals surface area contributed by atoms with Crippen LogP contribution in [0.5, 0.6) is 0 Å². The molecule has 1 amide bonds. The number of halogens is 1. The molecule has 21 heavy (non-hydrogen) atoms. The highest BCUT2D eigenvalue weighted by Gasteiger charge is 2.28. The van der Waals surface area contributed by atoms with Gasteiger partial charge in [-0.15, -0.1) is 0 Å². The summed E-state index contributed by atoms with van der Waals surface area (Å²) in [6, 6.07) is 6.97. The Morgan fingerprint density at radius 1 is 1.33 bits per heavy atom. The van der Waals surface area contributed by atoms with E-state index in [-0.39, 0.29) is 5.91 Å². The first-order chi connectivity index (χ1) is 10.1.